The second kappa shape index (κ2) is 11.0. The highest BCUT2D eigenvalue weighted by molar-refractivity contribution is 8.25. The van der Waals surface area contributed by atoms with E-state index in [0.29, 0.717) is 0 Å². The number of aromatic nitrogens is 2. The second-order valence-corrected chi connectivity index (χ2v) is 17.0. The minimum absolute atomic E-state index is 0.985. The Morgan fingerprint density at radius 3 is 1.86 bits per heavy atom. The van der Waals surface area contributed by atoms with Crippen molar-refractivity contribution in [1.29, 1.82) is 0 Å². The Balaban J connectivity index is 1.30. The monoisotopic (exact) mass is 660 g/mol. The van der Waals surface area contributed by atoms with Crippen LogP contribution in [0, 0.1) is 0 Å². The molecule has 0 N–H and O–H groups in total. The van der Waals surface area contributed by atoms with Crippen LogP contribution in [0.2, 0.25) is 0 Å². The van der Waals surface area contributed by atoms with Crippen molar-refractivity contribution in [2.45, 2.75) is 0 Å². The Labute approximate surface area is 288 Å². The Hall–Kier alpha value is -5.60. The fourth-order valence-electron chi connectivity index (χ4n) is 7.82. The van der Waals surface area contributed by atoms with Crippen LogP contribution in [0.25, 0.3) is 71.0 Å². The summed E-state index contributed by atoms with van der Waals surface area (Å²) >= 11 is 7.01. The average Bonchev–Trinajstić information content (AvgIpc) is 3.57. The van der Waals surface area contributed by atoms with Crippen molar-refractivity contribution in [3.8, 4) is 11.1 Å². The second-order valence-electron chi connectivity index (χ2n) is 12.7. The molecule has 49 heavy (non-hydrogen) atoms. The predicted molar refractivity (Wildman–Crippen MR) is 214 cm³/mol. The van der Waals surface area contributed by atoms with Crippen LogP contribution in [-0.4, -0.2) is 9.38 Å². The Kier molecular flexibility index (Phi) is 6.36. The lowest BCUT2D eigenvalue weighted by Crippen LogP contribution is -2.26. The molecule has 0 spiro atoms. The summed E-state index contributed by atoms with van der Waals surface area (Å²) < 4.78 is 2.31. The van der Waals surface area contributed by atoms with Crippen LogP contribution in [0.3, 0.4) is 0 Å². The number of pyridine rings is 1. The molecule has 0 aliphatic rings. The SMILES string of the molecule is S=P(c1ccccc1)(c1ccccc1)c1c2ccccc2cc2c(-c3ccc4c(c3)c3ccccc3n3c5ccccc5nc43)cccc12. The highest BCUT2D eigenvalue weighted by Crippen LogP contribution is 2.48. The van der Waals surface area contributed by atoms with Crippen molar-refractivity contribution in [1.82, 2.24) is 9.38 Å². The van der Waals surface area contributed by atoms with Crippen molar-refractivity contribution in [2.24, 2.45) is 0 Å². The maximum absolute atomic E-state index is 7.01. The van der Waals surface area contributed by atoms with Gasteiger partial charge < -0.3 is 0 Å². The number of nitrogens with zero attached hydrogens (tertiary/aromatic N) is 2. The molecule has 10 rings (SSSR count). The van der Waals surface area contributed by atoms with Crippen LogP contribution in [0.4, 0.5) is 0 Å². The smallest absolute Gasteiger partial charge is 0.146 e. The van der Waals surface area contributed by atoms with Gasteiger partial charge in [-0.3, -0.25) is 4.40 Å². The number of fused-ring (bicyclic) bond motifs is 10. The summed E-state index contributed by atoms with van der Waals surface area (Å²) in [6, 6.07) is 61.0. The molecule has 2 aromatic heterocycles. The van der Waals surface area contributed by atoms with Gasteiger partial charge >= 0.3 is 0 Å². The van der Waals surface area contributed by atoms with Crippen LogP contribution in [0.1, 0.15) is 0 Å². The van der Waals surface area contributed by atoms with Crippen LogP contribution in [0.15, 0.2) is 176 Å². The first-order valence-corrected chi connectivity index (χ1v) is 19.4. The van der Waals surface area contributed by atoms with E-state index < -0.39 is 6.04 Å². The number of para-hydroxylation sites is 3. The topological polar surface area (TPSA) is 17.3 Å². The van der Waals surface area contributed by atoms with E-state index in [4.69, 9.17) is 16.8 Å². The molecule has 230 valence electrons. The van der Waals surface area contributed by atoms with Crippen molar-refractivity contribution in [3.63, 3.8) is 0 Å². The van der Waals surface area contributed by atoms with E-state index in [1.807, 2.05) is 0 Å². The fourth-order valence-corrected chi connectivity index (χ4v) is 12.2. The largest absolute Gasteiger partial charge is 0.292 e. The molecule has 0 fully saturated rings. The molecule has 0 atom stereocenters. The molecule has 0 unspecified atom stereocenters. The van der Waals surface area contributed by atoms with E-state index >= 15 is 0 Å². The summed E-state index contributed by atoms with van der Waals surface area (Å²) in [6.45, 7) is 0. The Morgan fingerprint density at radius 2 is 1.08 bits per heavy atom. The van der Waals surface area contributed by atoms with Gasteiger partial charge in [0.25, 0.3) is 0 Å². The summed E-state index contributed by atoms with van der Waals surface area (Å²) in [5.74, 6) is 0. The molecule has 0 radical (unpaired) electrons. The Morgan fingerprint density at radius 1 is 0.449 bits per heavy atom. The van der Waals surface area contributed by atoms with Crippen molar-refractivity contribution in [3.05, 3.63) is 176 Å². The quantitative estimate of drug-likeness (QED) is 0.106. The molecular formula is C45H29N2PS. The summed E-state index contributed by atoms with van der Waals surface area (Å²) in [4.78, 5) is 5.13. The molecule has 0 aliphatic carbocycles. The van der Waals surface area contributed by atoms with Gasteiger partial charge in [-0.05, 0) is 85.1 Å². The van der Waals surface area contributed by atoms with Gasteiger partial charge in [0.15, 0.2) is 0 Å². The van der Waals surface area contributed by atoms with Crippen molar-refractivity contribution >= 4 is 93.7 Å². The first kappa shape index (κ1) is 28.4. The number of benzene rings is 8. The maximum Gasteiger partial charge on any atom is 0.146 e. The molecule has 2 nitrogen and oxygen atoms in total. The van der Waals surface area contributed by atoms with E-state index in [1.54, 1.807) is 0 Å². The van der Waals surface area contributed by atoms with Crippen LogP contribution < -0.4 is 15.9 Å². The van der Waals surface area contributed by atoms with Gasteiger partial charge in [-0.15, -0.1) is 0 Å². The zero-order valence-corrected chi connectivity index (χ0v) is 28.2. The molecule has 0 saturated heterocycles. The van der Waals surface area contributed by atoms with E-state index in [2.05, 4.69) is 180 Å². The van der Waals surface area contributed by atoms with Crippen LogP contribution in [0.5, 0.6) is 0 Å². The van der Waals surface area contributed by atoms with Crippen molar-refractivity contribution in [2.75, 3.05) is 0 Å². The first-order valence-electron chi connectivity index (χ1n) is 16.6. The van der Waals surface area contributed by atoms with Gasteiger partial charge in [0.2, 0.25) is 0 Å². The summed E-state index contributed by atoms with van der Waals surface area (Å²) in [5.41, 5.74) is 6.66. The predicted octanol–water partition coefficient (Wildman–Crippen LogP) is 10.5. The average molecular weight is 661 g/mol. The highest BCUT2D eigenvalue weighted by Gasteiger charge is 2.29. The van der Waals surface area contributed by atoms with Crippen molar-refractivity contribution < 1.29 is 0 Å². The third-order valence-corrected chi connectivity index (χ3v) is 15.0. The third-order valence-electron chi connectivity index (χ3n) is 10.00. The highest BCUT2D eigenvalue weighted by atomic mass is 32.4. The molecule has 8 aromatic carbocycles. The van der Waals surface area contributed by atoms with Gasteiger partial charge in [-0.25, -0.2) is 4.98 Å². The van der Waals surface area contributed by atoms with E-state index in [-0.39, 0.29) is 0 Å². The third kappa shape index (κ3) is 4.20. The van der Waals surface area contributed by atoms with E-state index in [1.165, 1.54) is 59.4 Å². The zero-order chi connectivity index (χ0) is 32.5. The molecule has 0 bridgehead atoms. The van der Waals surface area contributed by atoms with Gasteiger partial charge in [0.1, 0.15) is 5.65 Å². The lowest BCUT2D eigenvalue weighted by atomic mass is 9.93. The number of hydrogen-bond donors (Lipinski definition) is 0. The molecule has 0 saturated carbocycles. The van der Waals surface area contributed by atoms with Gasteiger partial charge in [0.05, 0.1) is 16.6 Å². The standard InChI is InChI=1S/C45H29N2PS/c49-48(32-15-3-1-4-16-32,33-17-5-2-6-18-33)44-35-19-8-7-14-30(35)28-39-34(21-13-22-37(39)44)31-26-27-38-40(29-31)36-20-9-11-24-42(36)47-43-25-12-10-23-41(43)46-45(38)47/h1-29H. The van der Waals surface area contributed by atoms with Gasteiger partial charge in [-0.1, -0.05) is 151 Å². The zero-order valence-electron chi connectivity index (χ0n) is 26.5. The molecule has 0 amide bonds. The molecule has 2 heterocycles. The number of imidazole rings is 1. The van der Waals surface area contributed by atoms with E-state index in [0.717, 1.165) is 27.6 Å². The van der Waals surface area contributed by atoms with Crippen LogP contribution in [-0.2, 0) is 11.8 Å². The molecule has 10 aromatic rings. The Bertz CT molecular complexity index is 2920. The number of rotatable bonds is 4. The fraction of sp³-hybridized carbons (Fsp3) is 0. The van der Waals surface area contributed by atoms with E-state index in [9.17, 15) is 0 Å². The van der Waals surface area contributed by atoms with Gasteiger partial charge in [-0.2, -0.15) is 0 Å². The van der Waals surface area contributed by atoms with Crippen LogP contribution >= 0.6 is 6.04 Å². The summed E-state index contributed by atoms with van der Waals surface area (Å²) in [6.07, 6.45) is 0. The lowest BCUT2D eigenvalue weighted by molar-refractivity contribution is 1.31. The first-order chi connectivity index (χ1) is 24.2. The maximum atomic E-state index is 7.01. The molecule has 4 heteroatoms. The van der Waals surface area contributed by atoms with Gasteiger partial charge in [0, 0.05) is 22.1 Å². The summed E-state index contributed by atoms with van der Waals surface area (Å²) in [5, 5.41) is 12.1. The molecular weight excluding hydrogens is 632 g/mol. The molecule has 0 aliphatic heterocycles. The minimum Gasteiger partial charge on any atom is -0.292 e. The minimum atomic E-state index is -2.47. The number of hydrogen-bond acceptors (Lipinski definition) is 2. The summed E-state index contributed by atoms with van der Waals surface area (Å²) in [7, 11) is 0. The lowest BCUT2D eigenvalue weighted by Gasteiger charge is -2.28. The normalized spacial score (nSPS) is 12.2.